The SMILES string of the molecule is CS(=O)(=O)N(Cc1ccccc1)[C@@H]1CCCC[C@H]1O. The molecule has 4 nitrogen and oxygen atoms in total. The van der Waals surface area contributed by atoms with Gasteiger partial charge >= 0.3 is 0 Å². The molecule has 19 heavy (non-hydrogen) atoms. The van der Waals surface area contributed by atoms with E-state index >= 15 is 0 Å². The van der Waals surface area contributed by atoms with Gasteiger partial charge in [0, 0.05) is 6.54 Å². The summed E-state index contributed by atoms with van der Waals surface area (Å²) in [5, 5.41) is 10.1. The molecule has 0 aromatic heterocycles. The van der Waals surface area contributed by atoms with Crippen molar-refractivity contribution in [2.75, 3.05) is 6.26 Å². The Morgan fingerprint density at radius 3 is 2.42 bits per heavy atom. The van der Waals surface area contributed by atoms with Gasteiger partial charge in [0.05, 0.1) is 18.4 Å². The van der Waals surface area contributed by atoms with E-state index in [2.05, 4.69) is 0 Å². The molecule has 1 saturated carbocycles. The highest BCUT2D eigenvalue weighted by Gasteiger charge is 2.33. The molecule has 106 valence electrons. The lowest BCUT2D eigenvalue weighted by Gasteiger charge is -2.36. The van der Waals surface area contributed by atoms with Gasteiger partial charge < -0.3 is 5.11 Å². The van der Waals surface area contributed by atoms with E-state index in [1.807, 2.05) is 30.3 Å². The molecular weight excluding hydrogens is 262 g/mol. The van der Waals surface area contributed by atoms with E-state index in [0.29, 0.717) is 13.0 Å². The first kappa shape index (κ1) is 14.5. The van der Waals surface area contributed by atoms with Crippen molar-refractivity contribution >= 4 is 10.0 Å². The highest BCUT2D eigenvalue weighted by molar-refractivity contribution is 7.88. The van der Waals surface area contributed by atoms with E-state index in [-0.39, 0.29) is 6.04 Å². The number of benzene rings is 1. The molecule has 0 amide bonds. The van der Waals surface area contributed by atoms with Gasteiger partial charge in [0.1, 0.15) is 0 Å². The van der Waals surface area contributed by atoms with Crippen LogP contribution in [0.3, 0.4) is 0 Å². The summed E-state index contributed by atoms with van der Waals surface area (Å²) in [6, 6.07) is 9.23. The molecule has 0 radical (unpaired) electrons. The quantitative estimate of drug-likeness (QED) is 0.916. The Kier molecular flexibility index (Phi) is 4.60. The van der Waals surface area contributed by atoms with Gasteiger partial charge in [-0.3, -0.25) is 0 Å². The number of aliphatic hydroxyl groups is 1. The van der Waals surface area contributed by atoms with Gasteiger partial charge in [-0.25, -0.2) is 8.42 Å². The summed E-state index contributed by atoms with van der Waals surface area (Å²) >= 11 is 0. The molecule has 0 unspecified atom stereocenters. The first-order valence-corrected chi connectivity index (χ1v) is 8.52. The Bertz CT molecular complexity index is 501. The number of rotatable bonds is 4. The van der Waals surface area contributed by atoms with Gasteiger partial charge in [0.15, 0.2) is 0 Å². The molecule has 5 heteroatoms. The van der Waals surface area contributed by atoms with Crippen molar-refractivity contribution in [2.24, 2.45) is 0 Å². The molecule has 0 heterocycles. The van der Waals surface area contributed by atoms with Crippen molar-refractivity contribution in [1.29, 1.82) is 0 Å². The summed E-state index contributed by atoms with van der Waals surface area (Å²) in [6.07, 6.45) is 4.04. The predicted octanol–water partition coefficient (Wildman–Crippen LogP) is 1.75. The number of hydrogen-bond acceptors (Lipinski definition) is 3. The Balaban J connectivity index is 2.21. The van der Waals surface area contributed by atoms with Gasteiger partial charge in [0.2, 0.25) is 10.0 Å². The fourth-order valence-electron chi connectivity index (χ4n) is 2.67. The van der Waals surface area contributed by atoms with Crippen LogP contribution < -0.4 is 0 Å². The maximum absolute atomic E-state index is 12.0. The molecule has 2 atom stereocenters. The molecule has 1 aliphatic carbocycles. The maximum Gasteiger partial charge on any atom is 0.211 e. The monoisotopic (exact) mass is 283 g/mol. The van der Waals surface area contributed by atoms with Crippen molar-refractivity contribution in [1.82, 2.24) is 4.31 Å². The second-order valence-corrected chi connectivity index (χ2v) is 7.15. The summed E-state index contributed by atoms with van der Waals surface area (Å²) in [5.41, 5.74) is 0.950. The average molecular weight is 283 g/mol. The maximum atomic E-state index is 12.0. The summed E-state index contributed by atoms with van der Waals surface area (Å²) in [4.78, 5) is 0. The van der Waals surface area contributed by atoms with Crippen molar-refractivity contribution in [3.8, 4) is 0 Å². The fourth-order valence-corrected chi connectivity index (χ4v) is 3.79. The Labute approximate surface area is 115 Å². The highest BCUT2D eigenvalue weighted by Crippen LogP contribution is 2.26. The standard InChI is InChI=1S/C14H21NO3S/c1-19(17,18)15(11-12-7-3-2-4-8-12)13-9-5-6-10-14(13)16/h2-4,7-8,13-14,16H,5-6,9-11H2,1H3/t13-,14-/m1/s1. The smallest absolute Gasteiger partial charge is 0.211 e. The second-order valence-electron chi connectivity index (χ2n) is 5.21. The van der Waals surface area contributed by atoms with Gasteiger partial charge in [-0.1, -0.05) is 43.2 Å². The van der Waals surface area contributed by atoms with Gasteiger partial charge in [-0.2, -0.15) is 4.31 Å². The van der Waals surface area contributed by atoms with E-state index in [1.165, 1.54) is 10.6 Å². The van der Waals surface area contributed by atoms with Crippen LogP contribution in [0.4, 0.5) is 0 Å². The number of nitrogens with zero attached hydrogens (tertiary/aromatic N) is 1. The highest BCUT2D eigenvalue weighted by atomic mass is 32.2. The van der Waals surface area contributed by atoms with E-state index < -0.39 is 16.1 Å². The summed E-state index contributed by atoms with van der Waals surface area (Å²) in [6.45, 7) is 0.335. The normalized spacial score (nSPS) is 24.6. The summed E-state index contributed by atoms with van der Waals surface area (Å²) in [5.74, 6) is 0. The minimum atomic E-state index is -3.32. The lowest BCUT2D eigenvalue weighted by atomic mass is 9.92. The summed E-state index contributed by atoms with van der Waals surface area (Å²) in [7, 11) is -3.32. The summed E-state index contributed by atoms with van der Waals surface area (Å²) < 4.78 is 25.4. The Morgan fingerprint density at radius 1 is 1.21 bits per heavy atom. The predicted molar refractivity (Wildman–Crippen MR) is 75.1 cm³/mol. The third-order valence-electron chi connectivity index (χ3n) is 3.67. The van der Waals surface area contributed by atoms with E-state index in [0.717, 1.165) is 24.8 Å². The molecule has 0 spiro atoms. The molecule has 1 aromatic carbocycles. The molecule has 2 rings (SSSR count). The van der Waals surface area contributed by atoms with Gasteiger partial charge in [-0.05, 0) is 18.4 Å². The van der Waals surface area contributed by atoms with E-state index in [9.17, 15) is 13.5 Å². The zero-order chi connectivity index (χ0) is 13.9. The molecule has 0 saturated heterocycles. The van der Waals surface area contributed by atoms with Crippen LogP contribution in [0.15, 0.2) is 30.3 Å². The average Bonchev–Trinajstić information content (AvgIpc) is 2.37. The van der Waals surface area contributed by atoms with Crippen molar-refractivity contribution in [2.45, 2.75) is 44.4 Å². The Morgan fingerprint density at radius 2 is 1.84 bits per heavy atom. The first-order chi connectivity index (χ1) is 8.98. The molecule has 1 fully saturated rings. The molecule has 1 N–H and O–H groups in total. The number of aliphatic hydroxyl groups excluding tert-OH is 1. The van der Waals surface area contributed by atoms with Crippen LogP contribution >= 0.6 is 0 Å². The van der Waals surface area contributed by atoms with E-state index in [1.54, 1.807) is 0 Å². The van der Waals surface area contributed by atoms with Crippen LogP contribution in [0.1, 0.15) is 31.2 Å². The van der Waals surface area contributed by atoms with Crippen LogP contribution in [0.2, 0.25) is 0 Å². The molecule has 1 aliphatic rings. The third-order valence-corrected chi connectivity index (χ3v) is 4.92. The number of sulfonamides is 1. The molecular formula is C14H21NO3S. The lowest BCUT2D eigenvalue weighted by Crippen LogP contribution is -2.47. The lowest BCUT2D eigenvalue weighted by molar-refractivity contribution is 0.0536. The van der Waals surface area contributed by atoms with Gasteiger partial charge in [-0.15, -0.1) is 0 Å². The first-order valence-electron chi connectivity index (χ1n) is 6.67. The van der Waals surface area contributed by atoms with Crippen molar-refractivity contribution < 1.29 is 13.5 Å². The van der Waals surface area contributed by atoms with Gasteiger partial charge in [0.25, 0.3) is 0 Å². The Hall–Kier alpha value is -0.910. The van der Waals surface area contributed by atoms with Crippen LogP contribution in [-0.4, -0.2) is 36.2 Å². The topological polar surface area (TPSA) is 57.6 Å². The third kappa shape index (κ3) is 3.78. The van der Waals surface area contributed by atoms with Crippen LogP contribution in [-0.2, 0) is 16.6 Å². The van der Waals surface area contributed by atoms with Crippen LogP contribution in [0.5, 0.6) is 0 Å². The van der Waals surface area contributed by atoms with E-state index in [4.69, 9.17) is 0 Å². The molecule has 0 bridgehead atoms. The van der Waals surface area contributed by atoms with Crippen LogP contribution in [0.25, 0.3) is 0 Å². The van der Waals surface area contributed by atoms with Crippen molar-refractivity contribution in [3.63, 3.8) is 0 Å². The zero-order valence-corrected chi connectivity index (χ0v) is 12.0. The second kappa shape index (κ2) is 6.03. The largest absolute Gasteiger partial charge is 0.391 e. The van der Waals surface area contributed by atoms with Crippen molar-refractivity contribution in [3.05, 3.63) is 35.9 Å². The number of hydrogen-bond donors (Lipinski definition) is 1. The zero-order valence-electron chi connectivity index (χ0n) is 11.2. The minimum Gasteiger partial charge on any atom is -0.391 e. The van der Waals surface area contributed by atoms with Crippen LogP contribution in [0, 0.1) is 0 Å². The molecule has 1 aromatic rings. The molecule has 0 aliphatic heterocycles. The fraction of sp³-hybridized carbons (Fsp3) is 0.571. The minimum absolute atomic E-state index is 0.288.